The van der Waals surface area contributed by atoms with Crippen LogP contribution in [0.5, 0.6) is 0 Å². The first-order valence-electron chi connectivity index (χ1n) is 17.0. The Balaban J connectivity index is 0.000000216. The van der Waals surface area contributed by atoms with E-state index in [0.29, 0.717) is 12.9 Å². The monoisotopic (exact) mass is 631 g/mol. The fourth-order valence-electron chi connectivity index (χ4n) is 6.18. The Morgan fingerprint density at radius 3 is 2.48 bits per heavy atom. The van der Waals surface area contributed by atoms with Gasteiger partial charge in [0.05, 0.1) is 41.9 Å². The van der Waals surface area contributed by atoms with Crippen LogP contribution in [0.4, 0.5) is 21.7 Å². The lowest BCUT2D eigenvalue weighted by atomic mass is 9.97. The molecule has 8 nitrogen and oxygen atoms in total. The number of rotatable bonds is 12. The quantitative estimate of drug-likeness (QED) is 0.123. The van der Waals surface area contributed by atoms with Gasteiger partial charge in [0.1, 0.15) is 0 Å². The molecular formula is C37H54FN7O. The van der Waals surface area contributed by atoms with Crippen LogP contribution in [0.25, 0.3) is 11.0 Å². The van der Waals surface area contributed by atoms with Crippen molar-refractivity contribution in [3.63, 3.8) is 0 Å². The third kappa shape index (κ3) is 10.7. The van der Waals surface area contributed by atoms with Crippen LogP contribution in [0.1, 0.15) is 39.5 Å². The number of imidazole rings is 1. The summed E-state index contributed by atoms with van der Waals surface area (Å²) in [4.78, 5) is 9.71. The molecule has 250 valence electrons. The van der Waals surface area contributed by atoms with E-state index in [-0.39, 0.29) is 0 Å². The fraction of sp³-hybridized carbons (Fsp3) is 0.486. The van der Waals surface area contributed by atoms with Gasteiger partial charge in [-0.05, 0) is 108 Å². The molecule has 0 bridgehead atoms. The minimum atomic E-state index is 0.571. The molecule has 2 aromatic carbocycles. The Bertz CT molecular complexity index is 1390. The summed E-state index contributed by atoms with van der Waals surface area (Å²) in [5.74, 6) is 1.75. The molecule has 0 aliphatic carbocycles. The summed E-state index contributed by atoms with van der Waals surface area (Å²) >= 11 is 0. The van der Waals surface area contributed by atoms with Crippen molar-refractivity contribution in [3.8, 4) is 0 Å². The summed E-state index contributed by atoms with van der Waals surface area (Å²) in [6.07, 6.45) is 12.5. The summed E-state index contributed by atoms with van der Waals surface area (Å²) in [6.45, 7) is 14.5. The second kappa shape index (κ2) is 19.8. The number of hydrogen-bond donors (Lipinski definition) is 3. The van der Waals surface area contributed by atoms with Gasteiger partial charge < -0.3 is 35.5 Å². The van der Waals surface area contributed by atoms with Gasteiger partial charge in [-0.3, -0.25) is 0 Å². The number of nitrogens with zero attached hydrogens (tertiary/aromatic N) is 4. The van der Waals surface area contributed by atoms with E-state index in [2.05, 4.69) is 49.3 Å². The second-order valence-corrected chi connectivity index (χ2v) is 11.9. The Labute approximate surface area is 275 Å². The third-order valence-corrected chi connectivity index (χ3v) is 8.51. The van der Waals surface area contributed by atoms with E-state index in [1.807, 2.05) is 56.3 Å². The van der Waals surface area contributed by atoms with E-state index in [1.54, 1.807) is 0 Å². The molecule has 0 unspecified atom stereocenters. The number of para-hydroxylation sites is 4. The van der Waals surface area contributed by atoms with Gasteiger partial charge in [-0.2, -0.15) is 0 Å². The number of halogens is 1. The van der Waals surface area contributed by atoms with Gasteiger partial charge in [0.2, 0.25) is 5.95 Å². The van der Waals surface area contributed by atoms with Crippen LogP contribution in [0, 0.1) is 5.92 Å². The van der Waals surface area contributed by atoms with Crippen LogP contribution in [0.15, 0.2) is 84.7 Å². The lowest BCUT2D eigenvalue weighted by Gasteiger charge is -2.32. The smallest absolute Gasteiger partial charge is 0.206 e. The number of allylic oxidation sites excluding steroid dienone is 5. The van der Waals surface area contributed by atoms with E-state index in [0.717, 1.165) is 118 Å². The maximum Gasteiger partial charge on any atom is 0.206 e. The molecule has 2 saturated heterocycles. The highest BCUT2D eigenvalue weighted by atomic mass is 19.1. The standard InChI is InChI=1S/C21H27FN4.C16H27N3O/c1-2-8-18(9-5-12-22)17-26-20-11-4-3-10-19(20)24-21(26)25-15-6-13-23-14-7-16-25;1-2-20-12-11-19(13-14-7-9-18-10-8-14)16-6-4-3-5-15(16)17/h2-5,8-12,23H,6-7,13-17H2,1H3;3-6,14,18H,2,7-13,17H2,1H3/b8-2-,12-5+,18-9+;. The van der Waals surface area contributed by atoms with E-state index in [4.69, 9.17) is 15.5 Å². The van der Waals surface area contributed by atoms with Crippen molar-refractivity contribution in [1.82, 2.24) is 20.2 Å². The van der Waals surface area contributed by atoms with Crippen molar-refractivity contribution < 1.29 is 9.13 Å². The lowest BCUT2D eigenvalue weighted by molar-refractivity contribution is 0.153. The number of nitrogens with two attached hydrogens (primary N) is 1. The van der Waals surface area contributed by atoms with Crippen LogP contribution in [-0.4, -0.2) is 75.1 Å². The maximum absolute atomic E-state index is 12.5. The molecule has 0 atom stereocenters. The summed E-state index contributed by atoms with van der Waals surface area (Å²) in [7, 11) is 0. The van der Waals surface area contributed by atoms with Crippen molar-refractivity contribution in [2.45, 2.75) is 46.1 Å². The molecule has 2 aliphatic heterocycles. The zero-order valence-corrected chi connectivity index (χ0v) is 27.8. The van der Waals surface area contributed by atoms with Crippen molar-refractivity contribution >= 4 is 28.4 Å². The molecule has 0 spiro atoms. The fourth-order valence-corrected chi connectivity index (χ4v) is 6.18. The Kier molecular flexibility index (Phi) is 15.1. The first-order valence-corrected chi connectivity index (χ1v) is 17.0. The molecule has 2 fully saturated rings. The van der Waals surface area contributed by atoms with Gasteiger partial charge >= 0.3 is 0 Å². The van der Waals surface area contributed by atoms with E-state index in [1.165, 1.54) is 18.9 Å². The highest BCUT2D eigenvalue weighted by molar-refractivity contribution is 5.79. The molecule has 0 amide bonds. The third-order valence-electron chi connectivity index (χ3n) is 8.51. The highest BCUT2D eigenvalue weighted by Gasteiger charge is 2.19. The SMILES string of the molecule is CCOCCN(CC1CCNCC1)c1ccccc1N.C\C=C/C(=C\C=C\F)Cn1c(N2CCCNCCC2)nc2ccccc21. The molecule has 9 heteroatoms. The second-order valence-electron chi connectivity index (χ2n) is 11.9. The topological polar surface area (TPSA) is 83.6 Å². The summed E-state index contributed by atoms with van der Waals surface area (Å²) in [5.41, 5.74) is 11.3. The summed E-state index contributed by atoms with van der Waals surface area (Å²) < 4.78 is 20.3. The van der Waals surface area contributed by atoms with Crippen molar-refractivity contribution in [2.24, 2.45) is 5.92 Å². The number of hydrogen-bond acceptors (Lipinski definition) is 7. The molecule has 46 heavy (non-hydrogen) atoms. The number of piperidine rings is 1. The average molecular weight is 632 g/mol. The largest absolute Gasteiger partial charge is 0.397 e. The zero-order valence-electron chi connectivity index (χ0n) is 27.8. The number of nitrogen functional groups attached to an aromatic ring is 1. The molecule has 1 aromatic heterocycles. The van der Waals surface area contributed by atoms with Gasteiger partial charge in [0.25, 0.3) is 0 Å². The summed E-state index contributed by atoms with van der Waals surface area (Å²) in [5, 5.41) is 6.88. The first kappa shape index (κ1) is 35.2. The van der Waals surface area contributed by atoms with Crippen LogP contribution >= 0.6 is 0 Å². The first-order chi connectivity index (χ1) is 22.6. The minimum absolute atomic E-state index is 0.571. The molecule has 3 heterocycles. The van der Waals surface area contributed by atoms with E-state index < -0.39 is 0 Å². The van der Waals surface area contributed by atoms with Gasteiger partial charge in [0.15, 0.2) is 0 Å². The predicted molar refractivity (Wildman–Crippen MR) is 192 cm³/mol. The zero-order chi connectivity index (χ0) is 32.4. The normalized spacial score (nSPS) is 16.8. The van der Waals surface area contributed by atoms with Gasteiger partial charge in [-0.25, -0.2) is 9.37 Å². The van der Waals surface area contributed by atoms with Crippen LogP contribution in [0.3, 0.4) is 0 Å². The average Bonchev–Trinajstić information content (AvgIpc) is 3.42. The van der Waals surface area contributed by atoms with Crippen LogP contribution < -0.4 is 26.2 Å². The van der Waals surface area contributed by atoms with Crippen molar-refractivity contribution in [2.75, 3.05) is 81.1 Å². The molecule has 5 rings (SSSR count). The number of benzene rings is 2. The number of fused-ring (bicyclic) bond motifs is 1. The van der Waals surface area contributed by atoms with Gasteiger partial charge in [-0.1, -0.05) is 42.5 Å². The Hall–Kier alpha value is -3.66. The van der Waals surface area contributed by atoms with Gasteiger partial charge in [0, 0.05) is 32.8 Å². The molecule has 0 saturated carbocycles. The van der Waals surface area contributed by atoms with Gasteiger partial charge in [-0.15, -0.1) is 0 Å². The molecule has 0 radical (unpaired) electrons. The van der Waals surface area contributed by atoms with Crippen LogP contribution in [0.2, 0.25) is 0 Å². The van der Waals surface area contributed by atoms with E-state index in [9.17, 15) is 4.39 Å². The predicted octanol–water partition coefficient (Wildman–Crippen LogP) is 6.32. The number of anilines is 3. The van der Waals surface area contributed by atoms with E-state index >= 15 is 0 Å². The minimum Gasteiger partial charge on any atom is -0.397 e. The number of aromatic nitrogens is 2. The number of nitrogens with one attached hydrogen (secondary N) is 2. The summed E-state index contributed by atoms with van der Waals surface area (Å²) in [6, 6.07) is 16.4. The molecule has 3 aromatic rings. The Morgan fingerprint density at radius 1 is 1.04 bits per heavy atom. The molecule has 4 N–H and O–H groups in total. The maximum atomic E-state index is 12.5. The molecule has 2 aliphatic rings. The molecular weight excluding hydrogens is 577 g/mol. The highest BCUT2D eigenvalue weighted by Crippen LogP contribution is 2.26. The van der Waals surface area contributed by atoms with Crippen molar-refractivity contribution in [1.29, 1.82) is 0 Å². The number of ether oxygens (including phenoxy) is 1. The van der Waals surface area contributed by atoms with Crippen LogP contribution in [-0.2, 0) is 11.3 Å². The lowest BCUT2D eigenvalue weighted by Crippen LogP contribution is -2.38. The van der Waals surface area contributed by atoms with Crippen molar-refractivity contribution in [3.05, 3.63) is 84.7 Å². The Morgan fingerprint density at radius 2 is 1.76 bits per heavy atom.